The summed E-state index contributed by atoms with van der Waals surface area (Å²) >= 11 is 4.82. The van der Waals surface area contributed by atoms with E-state index in [1.165, 1.54) is 0 Å². The van der Waals surface area contributed by atoms with E-state index >= 15 is 0 Å². The number of aromatic nitrogens is 3. The molecular weight excluding hydrogens is 246 g/mol. The van der Waals surface area contributed by atoms with Crippen molar-refractivity contribution < 1.29 is 0 Å². The highest BCUT2D eigenvalue weighted by atomic mass is 32.1. The van der Waals surface area contributed by atoms with Crippen molar-refractivity contribution in [1.82, 2.24) is 15.0 Å². The number of nitrogens with two attached hydrogens (primary N) is 1. The van der Waals surface area contributed by atoms with Crippen LogP contribution in [0.4, 0.5) is 5.82 Å². The molecule has 3 N–H and O–H groups in total. The molecule has 1 unspecified atom stereocenters. The molecule has 92 valence electrons. The summed E-state index contributed by atoms with van der Waals surface area (Å²) in [5, 5.41) is 3.24. The Morgan fingerprint density at radius 1 is 1.28 bits per heavy atom. The van der Waals surface area contributed by atoms with Gasteiger partial charge in [-0.15, -0.1) is 0 Å². The predicted octanol–water partition coefficient (Wildman–Crippen LogP) is 1.68. The van der Waals surface area contributed by atoms with Crippen LogP contribution < -0.4 is 11.1 Å². The highest BCUT2D eigenvalue weighted by Crippen LogP contribution is 2.15. The van der Waals surface area contributed by atoms with E-state index in [-0.39, 0.29) is 11.0 Å². The van der Waals surface area contributed by atoms with Gasteiger partial charge in [0, 0.05) is 12.4 Å². The molecule has 5 nitrogen and oxygen atoms in total. The molecule has 0 amide bonds. The molecule has 0 aromatic carbocycles. The fraction of sp³-hybridized carbons (Fsp3) is 0.167. The maximum absolute atomic E-state index is 5.46. The van der Waals surface area contributed by atoms with Gasteiger partial charge in [0.25, 0.3) is 0 Å². The Hall–Kier alpha value is -2.08. The summed E-state index contributed by atoms with van der Waals surface area (Å²) in [4.78, 5) is 12.6. The highest BCUT2D eigenvalue weighted by Gasteiger charge is 2.06. The van der Waals surface area contributed by atoms with Crippen LogP contribution in [-0.2, 0) is 0 Å². The minimum atomic E-state index is 0.123. The Balaban J connectivity index is 2.08. The van der Waals surface area contributed by atoms with Gasteiger partial charge in [0.15, 0.2) is 0 Å². The van der Waals surface area contributed by atoms with Gasteiger partial charge in [-0.3, -0.25) is 4.98 Å². The van der Waals surface area contributed by atoms with Gasteiger partial charge in [-0.1, -0.05) is 12.2 Å². The van der Waals surface area contributed by atoms with Crippen LogP contribution in [0.2, 0.25) is 0 Å². The molecule has 2 aromatic heterocycles. The van der Waals surface area contributed by atoms with Crippen molar-refractivity contribution in [1.29, 1.82) is 0 Å². The van der Waals surface area contributed by atoms with Crippen LogP contribution in [0.25, 0.3) is 0 Å². The van der Waals surface area contributed by atoms with Crippen LogP contribution in [-0.4, -0.2) is 19.9 Å². The zero-order chi connectivity index (χ0) is 13.0. The second-order valence-electron chi connectivity index (χ2n) is 3.80. The first-order valence-electron chi connectivity index (χ1n) is 5.45. The maximum Gasteiger partial charge on any atom is 0.144 e. The summed E-state index contributed by atoms with van der Waals surface area (Å²) in [7, 11) is 0. The number of nitrogens with zero attached hydrogens (tertiary/aromatic N) is 3. The number of hydrogen-bond acceptors (Lipinski definition) is 5. The van der Waals surface area contributed by atoms with Gasteiger partial charge in [-0.25, -0.2) is 9.97 Å². The lowest BCUT2D eigenvalue weighted by Gasteiger charge is -2.14. The molecule has 0 saturated carbocycles. The normalized spacial score (nSPS) is 11.8. The van der Waals surface area contributed by atoms with Crippen LogP contribution in [0, 0.1) is 0 Å². The Bertz CT molecular complexity index is 526. The van der Waals surface area contributed by atoms with E-state index in [0.29, 0.717) is 11.5 Å². The molecule has 18 heavy (non-hydrogen) atoms. The number of anilines is 1. The van der Waals surface area contributed by atoms with Gasteiger partial charge in [0.05, 0.1) is 18.4 Å². The molecule has 1 atom stereocenters. The van der Waals surface area contributed by atoms with Gasteiger partial charge in [-0.2, -0.15) is 0 Å². The Morgan fingerprint density at radius 3 is 2.56 bits per heavy atom. The molecule has 6 heteroatoms. The van der Waals surface area contributed by atoms with Crippen molar-refractivity contribution in [2.75, 3.05) is 5.32 Å². The lowest BCUT2D eigenvalue weighted by Crippen LogP contribution is -2.13. The topological polar surface area (TPSA) is 76.7 Å². The third-order valence-corrected chi connectivity index (χ3v) is 2.68. The SMILES string of the molecule is CC(Nc1cnc(C(N)=S)cn1)c1ccncc1. The van der Waals surface area contributed by atoms with Crippen LogP contribution >= 0.6 is 12.2 Å². The van der Waals surface area contributed by atoms with Crippen molar-refractivity contribution >= 4 is 23.0 Å². The molecule has 0 fully saturated rings. The second-order valence-corrected chi connectivity index (χ2v) is 4.24. The van der Waals surface area contributed by atoms with Crippen molar-refractivity contribution in [2.45, 2.75) is 13.0 Å². The fourth-order valence-corrected chi connectivity index (χ4v) is 1.59. The number of hydrogen-bond donors (Lipinski definition) is 2. The van der Waals surface area contributed by atoms with E-state index in [4.69, 9.17) is 18.0 Å². The van der Waals surface area contributed by atoms with Gasteiger partial charge in [0.2, 0.25) is 0 Å². The minimum absolute atomic E-state index is 0.123. The second kappa shape index (κ2) is 5.50. The molecule has 0 aliphatic heterocycles. The maximum atomic E-state index is 5.46. The Labute approximate surface area is 110 Å². The van der Waals surface area contributed by atoms with E-state index < -0.39 is 0 Å². The third-order valence-electron chi connectivity index (χ3n) is 2.47. The molecule has 0 radical (unpaired) electrons. The van der Waals surface area contributed by atoms with Gasteiger partial charge in [-0.05, 0) is 24.6 Å². The lowest BCUT2D eigenvalue weighted by atomic mass is 10.1. The summed E-state index contributed by atoms with van der Waals surface area (Å²) in [5.74, 6) is 0.680. The zero-order valence-corrected chi connectivity index (χ0v) is 10.7. The van der Waals surface area contributed by atoms with E-state index in [9.17, 15) is 0 Å². The summed E-state index contributed by atoms with van der Waals surface area (Å²) in [6.07, 6.45) is 6.69. The Kier molecular flexibility index (Phi) is 3.78. The molecule has 0 spiro atoms. The summed E-state index contributed by atoms with van der Waals surface area (Å²) in [6.45, 7) is 2.04. The van der Waals surface area contributed by atoms with Crippen LogP contribution in [0.15, 0.2) is 36.9 Å². The third kappa shape index (κ3) is 2.98. The van der Waals surface area contributed by atoms with Gasteiger partial charge in [0.1, 0.15) is 16.5 Å². The van der Waals surface area contributed by atoms with Crippen molar-refractivity contribution in [2.24, 2.45) is 5.73 Å². The zero-order valence-electron chi connectivity index (χ0n) is 9.87. The van der Waals surface area contributed by atoms with Crippen LogP contribution in [0.5, 0.6) is 0 Å². The minimum Gasteiger partial charge on any atom is -0.388 e. The molecular formula is C12H13N5S. The van der Waals surface area contributed by atoms with Crippen molar-refractivity contribution in [3.8, 4) is 0 Å². The van der Waals surface area contributed by atoms with Gasteiger partial charge >= 0.3 is 0 Å². The average molecular weight is 259 g/mol. The highest BCUT2D eigenvalue weighted by molar-refractivity contribution is 7.80. The molecule has 0 saturated heterocycles. The number of rotatable bonds is 4. The monoisotopic (exact) mass is 259 g/mol. The van der Waals surface area contributed by atoms with E-state index in [1.807, 2.05) is 19.1 Å². The predicted molar refractivity (Wildman–Crippen MR) is 74.2 cm³/mol. The molecule has 2 rings (SSSR count). The smallest absolute Gasteiger partial charge is 0.144 e. The first-order valence-corrected chi connectivity index (χ1v) is 5.86. The number of nitrogens with one attached hydrogen (secondary N) is 1. The van der Waals surface area contributed by atoms with Crippen LogP contribution in [0.3, 0.4) is 0 Å². The van der Waals surface area contributed by atoms with E-state index in [0.717, 1.165) is 5.56 Å². The Morgan fingerprint density at radius 2 is 2.00 bits per heavy atom. The summed E-state index contributed by atoms with van der Waals surface area (Å²) in [6, 6.07) is 4.03. The van der Waals surface area contributed by atoms with Crippen molar-refractivity contribution in [3.63, 3.8) is 0 Å². The first-order chi connectivity index (χ1) is 8.66. The molecule has 2 heterocycles. The molecule has 2 aromatic rings. The largest absolute Gasteiger partial charge is 0.388 e. The van der Waals surface area contributed by atoms with Crippen molar-refractivity contribution in [3.05, 3.63) is 48.2 Å². The standard InChI is InChI=1S/C12H13N5S/c1-8(9-2-4-14-5-3-9)17-11-7-15-10(6-16-11)12(13)18/h2-8H,1H3,(H2,13,18)(H,16,17). The number of pyridine rings is 1. The van der Waals surface area contributed by atoms with E-state index in [2.05, 4.69) is 20.3 Å². The fourth-order valence-electron chi connectivity index (χ4n) is 1.49. The molecule has 0 aliphatic rings. The number of thiocarbonyl (C=S) groups is 1. The summed E-state index contributed by atoms with van der Waals surface area (Å²) < 4.78 is 0. The molecule has 0 aliphatic carbocycles. The summed E-state index contributed by atoms with van der Waals surface area (Å²) in [5.41, 5.74) is 7.11. The lowest BCUT2D eigenvalue weighted by molar-refractivity contribution is 0.867. The first kappa shape index (κ1) is 12.4. The van der Waals surface area contributed by atoms with E-state index in [1.54, 1.807) is 24.8 Å². The average Bonchev–Trinajstić information content (AvgIpc) is 2.40. The molecule has 0 bridgehead atoms. The van der Waals surface area contributed by atoms with Gasteiger partial charge < -0.3 is 11.1 Å². The van der Waals surface area contributed by atoms with Crippen LogP contribution in [0.1, 0.15) is 24.2 Å². The quantitative estimate of drug-likeness (QED) is 0.813.